The summed E-state index contributed by atoms with van der Waals surface area (Å²) >= 11 is 0. The Morgan fingerprint density at radius 3 is 2.62 bits per heavy atom. The molecule has 0 radical (unpaired) electrons. The van der Waals surface area contributed by atoms with Crippen LogP contribution in [-0.2, 0) is 11.2 Å². The van der Waals surface area contributed by atoms with E-state index in [9.17, 15) is 0 Å². The van der Waals surface area contributed by atoms with Crippen LogP contribution in [-0.4, -0.2) is 31.0 Å². The van der Waals surface area contributed by atoms with Crippen LogP contribution in [0.3, 0.4) is 0 Å². The molecule has 1 rings (SSSR count). The van der Waals surface area contributed by atoms with Crippen LogP contribution < -0.4 is 5.73 Å². The van der Waals surface area contributed by atoms with Gasteiger partial charge in [-0.25, -0.2) is 0 Å². The molecular weight excluding hydrogens is 202 g/mol. The van der Waals surface area contributed by atoms with Gasteiger partial charge >= 0.3 is 0 Å². The molecule has 0 aliphatic rings. The maximum atomic E-state index is 9.14. The molecule has 16 heavy (non-hydrogen) atoms. The molecule has 0 fully saturated rings. The highest BCUT2D eigenvalue weighted by molar-refractivity contribution is 5.14. The van der Waals surface area contributed by atoms with E-state index in [1.54, 1.807) is 0 Å². The second kappa shape index (κ2) is 8.28. The van der Waals surface area contributed by atoms with E-state index in [1.165, 1.54) is 5.56 Å². The van der Waals surface area contributed by atoms with E-state index in [2.05, 4.69) is 24.3 Å². The van der Waals surface area contributed by atoms with Gasteiger partial charge in [0.2, 0.25) is 0 Å². The van der Waals surface area contributed by atoms with Crippen molar-refractivity contribution in [2.24, 2.45) is 5.73 Å². The highest BCUT2D eigenvalue weighted by Gasteiger charge is 1.99. The van der Waals surface area contributed by atoms with Gasteiger partial charge in [-0.2, -0.15) is 0 Å². The molecule has 3 nitrogen and oxygen atoms in total. The lowest BCUT2D eigenvalue weighted by Gasteiger charge is -2.08. The first-order valence-electron chi connectivity index (χ1n) is 5.82. The van der Waals surface area contributed by atoms with E-state index in [1.807, 2.05) is 6.07 Å². The number of unbranched alkanes of at least 4 members (excludes halogenated alkanes) is 1. The lowest BCUT2D eigenvalue weighted by molar-refractivity contribution is 0.0398. The van der Waals surface area contributed by atoms with E-state index >= 15 is 0 Å². The smallest absolute Gasteiger partial charge is 0.0895 e. The molecule has 0 bridgehead atoms. The van der Waals surface area contributed by atoms with Crippen molar-refractivity contribution in [2.45, 2.75) is 25.4 Å². The first-order valence-corrected chi connectivity index (χ1v) is 5.82. The average molecular weight is 223 g/mol. The maximum Gasteiger partial charge on any atom is 0.0895 e. The molecule has 0 saturated carbocycles. The van der Waals surface area contributed by atoms with Crippen molar-refractivity contribution in [1.29, 1.82) is 0 Å². The topological polar surface area (TPSA) is 55.5 Å². The van der Waals surface area contributed by atoms with Crippen LogP contribution in [0.25, 0.3) is 0 Å². The van der Waals surface area contributed by atoms with Gasteiger partial charge in [0.05, 0.1) is 12.7 Å². The summed E-state index contributed by atoms with van der Waals surface area (Å²) < 4.78 is 5.29. The van der Waals surface area contributed by atoms with Crippen LogP contribution in [0.4, 0.5) is 0 Å². The van der Waals surface area contributed by atoms with Gasteiger partial charge < -0.3 is 15.6 Å². The molecule has 0 saturated heterocycles. The second-order valence-corrected chi connectivity index (χ2v) is 3.91. The van der Waals surface area contributed by atoms with E-state index in [4.69, 9.17) is 15.6 Å². The predicted octanol–water partition coefficient (Wildman–Crippen LogP) is 1.35. The van der Waals surface area contributed by atoms with Crippen molar-refractivity contribution in [3.63, 3.8) is 0 Å². The Morgan fingerprint density at radius 2 is 1.94 bits per heavy atom. The third-order valence-electron chi connectivity index (χ3n) is 2.43. The minimum Gasteiger partial charge on any atom is -0.389 e. The number of benzene rings is 1. The fraction of sp³-hybridized carbons (Fsp3) is 0.538. The lowest BCUT2D eigenvalue weighted by atomic mass is 10.1. The Labute approximate surface area is 97.2 Å². The standard InChI is InChI=1S/C13H21NO2/c14-10-13(15)11-16-9-5-4-8-12-6-2-1-3-7-12/h1-3,6-7,13,15H,4-5,8-11,14H2/t13-/m0/s1. The van der Waals surface area contributed by atoms with Crippen LogP contribution >= 0.6 is 0 Å². The summed E-state index contributed by atoms with van der Waals surface area (Å²) in [6.07, 6.45) is 2.70. The zero-order chi connectivity index (χ0) is 11.6. The Morgan fingerprint density at radius 1 is 1.19 bits per heavy atom. The number of ether oxygens (including phenoxy) is 1. The van der Waals surface area contributed by atoms with Gasteiger partial charge in [-0.1, -0.05) is 30.3 Å². The highest BCUT2D eigenvalue weighted by Crippen LogP contribution is 2.04. The number of rotatable bonds is 8. The predicted molar refractivity (Wildman–Crippen MR) is 65.3 cm³/mol. The molecule has 3 heteroatoms. The molecule has 0 amide bonds. The summed E-state index contributed by atoms with van der Waals surface area (Å²) in [7, 11) is 0. The minimum atomic E-state index is -0.519. The van der Waals surface area contributed by atoms with Gasteiger partial charge in [0.15, 0.2) is 0 Å². The number of aryl methyl sites for hydroxylation is 1. The van der Waals surface area contributed by atoms with Gasteiger partial charge in [0.1, 0.15) is 0 Å². The molecule has 1 atom stereocenters. The fourth-order valence-electron chi connectivity index (χ4n) is 1.47. The molecule has 0 aliphatic carbocycles. The quantitative estimate of drug-likeness (QED) is 0.654. The summed E-state index contributed by atoms with van der Waals surface area (Å²) in [5, 5.41) is 9.14. The van der Waals surface area contributed by atoms with E-state index < -0.39 is 6.10 Å². The molecule has 90 valence electrons. The van der Waals surface area contributed by atoms with Crippen LogP contribution in [0.15, 0.2) is 30.3 Å². The summed E-state index contributed by atoms with van der Waals surface area (Å²) in [6.45, 7) is 1.32. The van der Waals surface area contributed by atoms with Crippen molar-refractivity contribution in [3.05, 3.63) is 35.9 Å². The average Bonchev–Trinajstić information content (AvgIpc) is 2.34. The van der Waals surface area contributed by atoms with Crippen LogP contribution in [0.2, 0.25) is 0 Å². The largest absolute Gasteiger partial charge is 0.389 e. The monoisotopic (exact) mass is 223 g/mol. The SMILES string of the molecule is NC[C@H](O)COCCCCc1ccccc1. The normalized spacial score (nSPS) is 12.6. The first-order chi connectivity index (χ1) is 7.83. The van der Waals surface area contributed by atoms with Gasteiger partial charge in [-0.15, -0.1) is 0 Å². The van der Waals surface area contributed by atoms with Crippen molar-refractivity contribution in [1.82, 2.24) is 0 Å². The van der Waals surface area contributed by atoms with E-state index in [0.717, 1.165) is 19.3 Å². The zero-order valence-corrected chi connectivity index (χ0v) is 9.64. The van der Waals surface area contributed by atoms with Crippen LogP contribution in [0, 0.1) is 0 Å². The number of hydrogen-bond acceptors (Lipinski definition) is 3. The second-order valence-electron chi connectivity index (χ2n) is 3.91. The molecule has 0 aromatic heterocycles. The summed E-state index contributed by atoms with van der Waals surface area (Å²) in [6, 6.07) is 10.4. The number of hydrogen-bond donors (Lipinski definition) is 2. The summed E-state index contributed by atoms with van der Waals surface area (Å²) in [5.41, 5.74) is 6.62. The van der Waals surface area contributed by atoms with Crippen molar-refractivity contribution in [2.75, 3.05) is 19.8 Å². The van der Waals surface area contributed by atoms with Crippen molar-refractivity contribution in [3.8, 4) is 0 Å². The number of nitrogens with two attached hydrogens (primary N) is 1. The molecule has 0 heterocycles. The molecule has 3 N–H and O–H groups in total. The van der Waals surface area contributed by atoms with E-state index in [-0.39, 0.29) is 6.54 Å². The number of aliphatic hydroxyl groups is 1. The molecule has 1 aromatic carbocycles. The Balaban J connectivity index is 1.96. The summed E-state index contributed by atoms with van der Waals surface area (Å²) in [5.74, 6) is 0. The molecule has 1 aromatic rings. The van der Waals surface area contributed by atoms with Crippen molar-refractivity contribution >= 4 is 0 Å². The molecule has 0 aliphatic heterocycles. The van der Waals surface area contributed by atoms with Gasteiger partial charge in [-0.3, -0.25) is 0 Å². The molecule has 0 spiro atoms. The Kier molecular flexibility index (Phi) is 6.81. The molecular formula is C13H21NO2. The van der Waals surface area contributed by atoms with E-state index in [0.29, 0.717) is 13.2 Å². The van der Waals surface area contributed by atoms with Crippen LogP contribution in [0.5, 0.6) is 0 Å². The maximum absolute atomic E-state index is 9.14. The first kappa shape index (κ1) is 13.2. The molecule has 0 unspecified atom stereocenters. The highest BCUT2D eigenvalue weighted by atomic mass is 16.5. The van der Waals surface area contributed by atoms with Gasteiger partial charge in [0.25, 0.3) is 0 Å². The van der Waals surface area contributed by atoms with Crippen molar-refractivity contribution < 1.29 is 9.84 Å². The Hall–Kier alpha value is -0.900. The lowest BCUT2D eigenvalue weighted by Crippen LogP contribution is -2.25. The van der Waals surface area contributed by atoms with Crippen LogP contribution in [0.1, 0.15) is 18.4 Å². The Bertz CT molecular complexity index is 264. The zero-order valence-electron chi connectivity index (χ0n) is 9.64. The fourth-order valence-corrected chi connectivity index (χ4v) is 1.47. The number of aliphatic hydroxyl groups excluding tert-OH is 1. The third-order valence-corrected chi connectivity index (χ3v) is 2.43. The minimum absolute atomic E-state index is 0.268. The third kappa shape index (κ3) is 5.85. The van der Waals surface area contributed by atoms with Gasteiger partial charge in [-0.05, 0) is 24.8 Å². The van der Waals surface area contributed by atoms with Gasteiger partial charge in [0, 0.05) is 13.2 Å². The summed E-state index contributed by atoms with van der Waals surface area (Å²) in [4.78, 5) is 0.